The molecule has 2 atom stereocenters. The first-order chi connectivity index (χ1) is 47.6. The summed E-state index contributed by atoms with van der Waals surface area (Å²) in [5.74, 6) is -2.00. The zero-order valence-corrected chi connectivity index (χ0v) is 63.2. The van der Waals surface area contributed by atoms with Crippen molar-refractivity contribution in [3.05, 3.63) is 158 Å². The molecule has 0 heterocycles. The Morgan fingerprint density at radius 1 is 0.309 bits per heavy atom. The smallest absolute Gasteiger partial charge is 0.361 e. The van der Waals surface area contributed by atoms with Gasteiger partial charge in [0.15, 0.2) is 6.10 Å². The van der Waals surface area contributed by atoms with Crippen LogP contribution >= 0.6 is 0 Å². The molecule has 0 aromatic carbocycles. The van der Waals surface area contributed by atoms with E-state index in [1.165, 1.54) is 173 Å². The van der Waals surface area contributed by atoms with E-state index in [1.54, 1.807) is 0 Å². The minimum absolute atomic E-state index is 0.183. The van der Waals surface area contributed by atoms with Crippen LogP contribution in [-0.2, 0) is 33.3 Å². The Morgan fingerprint density at radius 3 is 0.825 bits per heavy atom. The van der Waals surface area contributed by atoms with E-state index in [1.807, 2.05) is 21.1 Å². The molecule has 2 unspecified atom stereocenters. The number of allylic oxidation sites excluding steroid dienone is 26. The summed E-state index contributed by atoms with van der Waals surface area (Å²) in [7, 11) is 5.98. The Balaban J connectivity index is 4.05. The lowest BCUT2D eigenvalue weighted by molar-refractivity contribution is -0.870. The van der Waals surface area contributed by atoms with Crippen LogP contribution in [0.2, 0.25) is 0 Å². The number of carboxylic acid groups (broad SMARTS) is 1. The van der Waals surface area contributed by atoms with Gasteiger partial charge in [-0.05, 0) is 122 Å². The average molecular weight is 1350 g/mol. The first-order valence-corrected chi connectivity index (χ1v) is 39.6. The van der Waals surface area contributed by atoms with Crippen molar-refractivity contribution in [1.82, 2.24) is 0 Å². The lowest BCUT2D eigenvalue weighted by atomic mass is 10.0. The standard InChI is InChI=1S/C88H147NO8/c1-6-8-10-12-14-16-18-20-22-24-26-28-30-32-34-36-38-39-40-41-42-43-44-45-46-47-49-51-53-55-57-59-61-63-65-67-69-71-73-75-77-79-86(91)97-84(83-96-88(87(92)93)94-81-80-89(3,4)5)82-95-85(90)78-76-74-72-70-68-66-64-62-60-58-56-54-52-50-48-37-35-33-31-29-27-25-23-21-19-17-15-13-11-9-7-2/h8-11,14-17,20-23,26-29,32-35,38-39,41-42,44-45,84,88H,6-7,12-13,18-19,24-25,30-31,36-37,40,43,46-83H2,1-5H3/p+1/b10-8-,11-9-,16-14-,17-15-,22-20-,23-21-,28-26-,29-27-,34-32-,35-33-,39-38-,42-41-,45-44-. The molecule has 0 rings (SSSR count). The summed E-state index contributed by atoms with van der Waals surface area (Å²) < 4.78 is 23.0. The van der Waals surface area contributed by atoms with Crippen molar-refractivity contribution < 1.29 is 42.9 Å². The van der Waals surface area contributed by atoms with Gasteiger partial charge in [0.25, 0.3) is 6.29 Å². The highest BCUT2D eigenvalue weighted by Crippen LogP contribution is 2.18. The number of carboxylic acids is 1. The Kier molecular flexibility index (Phi) is 72.6. The molecule has 0 saturated heterocycles. The number of unbranched alkanes of at least 4 members (excludes halogenated alkanes) is 31. The van der Waals surface area contributed by atoms with E-state index in [9.17, 15) is 19.5 Å². The second kappa shape index (κ2) is 76.7. The molecule has 97 heavy (non-hydrogen) atoms. The highest BCUT2D eigenvalue weighted by atomic mass is 16.7. The van der Waals surface area contributed by atoms with Gasteiger partial charge in [-0.25, -0.2) is 4.79 Å². The summed E-state index contributed by atoms with van der Waals surface area (Å²) in [6.45, 7) is 4.67. The molecular formula is C88H148NO8+. The number of esters is 2. The highest BCUT2D eigenvalue weighted by molar-refractivity contribution is 5.71. The molecule has 0 aromatic rings. The number of carbonyl (C=O) groups excluding carboxylic acids is 2. The Bertz CT molecular complexity index is 2160. The zero-order valence-electron chi connectivity index (χ0n) is 63.2. The van der Waals surface area contributed by atoms with E-state index in [0.29, 0.717) is 17.4 Å². The normalized spacial score (nSPS) is 13.5. The fourth-order valence-electron chi connectivity index (χ4n) is 10.8. The van der Waals surface area contributed by atoms with E-state index in [2.05, 4.69) is 172 Å². The molecule has 0 aromatic heterocycles. The van der Waals surface area contributed by atoms with Gasteiger partial charge < -0.3 is 28.5 Å². The molecule has 0 amide bonds. The second-order valence-corrected chi connectivity index (χ2v) is 27.3. The minimum atomic E-state index is -1.52. The first kappa shape index (κ1) is 91.9. The molecule has 9 heteroatoms. The molecule has 0 aliphatic carbocycles. The molecular weight excluding hydrogens is 1200 g/mol. The van der Waals surface area contributed by atoms with Gasteiger partial charge in [-0.15, -0.1) is 0 Å². The number of rotatable bonds is 72. The summed E-state index contributed by atoms with van der Waals surface area (Å²) in [6, 6.07) is 0. The van der Waals surface area contributed by atoms with Crippen LogP contribution in [0.25, 0.3) is 0 Å². The number of nitrogens with zero attached hydrogens (tertiary/aromatic N) is 1. The molecule has 552 valence electrons. The van der Waals surface area contributed by atoms with Gasteiger partial charge >= 0.3 is 17.9 Å². The predicted octanol–water partition coefficient (Wildman–Crippen LogP) is 25.6. The number of likely N-dealkylation sites (N-methyl/N-ethyl adjacent to an activating group) is 1. The van der Waals surface area contributed by atoms with Gasteiger partial charge in [0, 0.05) is 12.8 Å². The van der Waals surface area contributed by atoms with Crippen molar-refractivity contribution in [3.63, 3.8) is 0 Å². The van der Waals surface area contributed by atoms with Gasteiger partial charge in [-0.1, -0.05) is 345 Å². The molecule has 1 N–H and O–H groups in total. The average Bonchev–Trinajstić information content (AvgIpc) is 3.27. The van der Waals surface area contributed by atoms with Crippen LogP contribution in [-0.4, -0.2) is 87.4 Å². The SMILES string of the molecule is CC/C=C\C/C=C\C/C=C\C/C=C\C/C=C\C/C=C\C/C=C\C/C=C\CCCCCCCCCCCCCCCCCCC(=O)OC(COC(=O)CCCCCCCCCCCCCCCCC/C=C\C/C=C\C/C=C\C/C=C\C/C=C\CC)COC(OCC[N+](C)(C)C)C(=O)O. The summed E-state index contributed by atoms with van der Waals surface area (Å²) in [4.78, 5) is 37.7. The third kappa shape index (κ3) is 78.1. The Hall–Kier alpha value is -5.09. The van der Waals surface area contributed by atoms with E-state index in [-0.39, 0.29) is 32.2 Å². The molecule has 0 spiro atoms. The maximum atomic E-state index is 13.0. The van der Waals surface area contributed by atoms with Gasteiger partial charge in [-0.3, -0.25) is 9.59 Å². The lowest BCUT2D eigenvalue weighted by Crippen LogP contribution is -2.40. The molecule has 9 nitrogen and oxygen atoms in total. The van der Waals surface area contributed by atoms with Crippen molar-refractivity contribution >= 4 is 17.9 Å². The molecule has 0 aliphatic heterocycles. The highest BCUT2D eigenvalue weighted by Gasteiger charge is 2.25. The maximum absolute atomic E-state index is 13.0. The molecule has 0 fully saturated rings. The fourth-order valence-corrected chi connectivity index (χ4v) is 10.8. The van der Waals surface area contributed by atoms with Gasteiger partial charge in [0.05, 0.1) is 34.4 Å². The monoisotopic (exact) mass is 1350 g/mol. The number of hydrogen-bond acceptors (Lipinski definition) is 7. The number of ether oxygens (including phenoxy) is 4. The first-order valence-electron chi connectivity index (χ1n) is 39.6. The topological polar surface area (TPSA) is 108 Å². The number of hydrogen-bond donors (Lipinski definition) is 1. The third-order valence-electron chi connectivity index (χ3n) is 16.8. The quantitative estimate of drug-likeness (QED) is 0.0211. The van der Waals surface area contributed by atoms with Crippen molar-refractivity contribution in [2.24, 2.45) is 0 Å². The molecule has 0 aliphatic rings. The summed E-state index contributed by atoms with van der Waals surface area (Å²) in [6.07, 6.45) is 111. The maximum Gasteiger partial charge on any atom is 0.361 e. The van der Waals surface area contributed by atoms with Crippen molar-refractivity contribution in [3.8, 4) is 0 Å². The van der Waals surface area contributed by atoms with Crippen molar-refractivity contribution in [2.45, 2.75) is 334 Å². The third-order valence-corrected chi connectivity index (χ3v) is 16.8. The van der Waals surface area contributed by atoms with Crippen LogP contribution in [0.1, 0.15) is 322 Å². The number of carbonyl (C=O) groups is 3. The van der Waals surface area contributed by atoms with Crippen molar-refractivity contribution in [2.75, 3.05) is 47.5 Å². The second-order valence-electron chi connectivity index (χ2n) is 27.3. The molecule has 0 bridgehead atoms. The van der Waals surface area contributed by atoms with Crippen LogP contribution in [0.3, 0.4) is 0 Å². The van der Waals surface area contributed by atoms with E-state index in [0.717, 1.165) is 122 Å². The molecule has 0 radical (unpaired) electrons. The summed E-state index contributed by atoms with van der Waals surface area (Å²) in [5, 5.41) is 9.78. The van der Waals surface area contributed by atoms with E-state index >= 15 is 0 Å². The summed E-state index contributed by atoms with van der Waals surface area (Å²) in [5.41, 5.74) is 0. The van der Waals surface area contributed by atoms with Crippen LogP contribution < -0.4 is 0 Å². The van der Waals surface area contributed by atoms with Gasteiger partial charge in [-0.2, -0.15) is 0 Å². The van der Waals surface area contributed by atoms with Crippen molar-refractivity contribution in [1.29, 1.82) is 0 Å². The fraction of sp³-hybridized carbons (Fsp3) is 0.670. The van der Waals surface area contributed by atoms with Gasteiger partial charge in [0.2, 0.25) is 0 Å². The lowest BCUT2D eigenvalue weighted by Gasteiger charge is -2.25. The molecule has 0 saturated carbocycles. The van der Waals surface area contributed by atoms with E-state index in [4.69, 9.17) is 18.9 Å². The minimum Gasteiger partial charge on any atom is -0.477 e. The van der Waals surface area contributed by atoms with Crippen LogP contribution in [0.15, 0.2) is 158 Å². The Morgan fingerprint density at radius 2 is 0.557 bits per heavy atom. The largest absolute Gasteiger partial charge is 0.477 e. The number of quaternary nitrogens is 1. The predicted molar refractivity (Wildman–Crippen MR) is 419 cm³/mol. The summed E-state index contributed by atoms with van der Waals surface area (Å²) >= 11 is 0. The van der Waals surface area contributed by atoms with Crippen LogP contribution in [0, 0.1) is 0 Å². The van der Waals surface area contributed by atoms with Crippen LogP contribution in [0.4, 0.5) is 0 Å². The van der Waals surface area contributed by atoms with Crippen LogP contribution in [0.5, 0.6) is 0 Å². The number of aliphatic carboxylic acids is 1. The zero-order chi connectivity index (χ0) is 70.4. The van der Waals surface area contributed by atoms with Gasteiger partial charge in [0.1, 0.15) is 13.2 Å². The van der Waals surface area contributed by atoms with E-state index < -0.39 is 24.3 Å². The Labute approximate surface area is 597 Å².